The van der Waals surface area contributed by atoms with E-state index >= 15 is 0 Å². The molecule has 0 saturated heterocycles. The lowest BCUT2D eigenvalue weighted by Crippen LogP contribution is -2.16. The first-order valence-electron chi connectivity index (χ1n) is 6.18. The first-order chi connectivity index (χ1) is 9.61. The van der Waals surface area contributed by atoms with Gasteiger partial charge >= 0.3 is 0 Å². The molecule has 20 heavy (non-hydrogen) atoms. The van der Waals surface area contributed by atoms with Crippen LogP contribution in [0.25, 0.3) is 0 Å². The minimum Gasteiger partial charge on any atom is -0.324 e. The summed E-state index contributed by atoms with van der Waals surface area (Å²) in [5.41, 5.74) is 2.49. The van der Waals surface area contributed by atoms with Gasteiger partial charge in [-0.05, 0) is 24.6 Å². The molecule has 1 N–H and O–H groups in total. The van der Waals surface area contributed by atoms with Crippen molar-refractivity contribution in [1.82, 2.24) is 0 Å². The molecule has 4 heteroatoms. The monoisotopic (exact) mass is 287 g/mol. The van der Waals surface area contributed by atoms with Gasteiger partial charge < -0.3 is 5.32 Å². The van der Waals surface area contributed by atoms with Crippen molar-refractivity contribution in [3.8, 4) is 0 Å². The van der Waals surface area contributed by atoms with Crippen LogP contribution in [0.2, 0.25) is 0 Å². The molecule has 0 heterocycles. The number of halogens is 1. The minimum absolute atomic E-state index is 0.129. The van der Waals surface area contributed by atoms with Gasteiger partial charge in [-0.25, -0.2) is 0 Å². The number of aryl methyl sites for hydroxylation is 1. The molecule has 0 fully saturated rings. The quantitative estimate of drug-likeness (QED) is 0.692. The van der Waals surface area contributed by atoms with Crippen LogP contribution in [-0.4, -0.2) is 17.6 Å². The van der Waals surface area contributed by atoms with Gasteiger partial charge in [0, 0.05) is 11.1 Å². The Hall–Kier alpha value is -2.13. The van der Waals surface area contributed by atoms with E-state index in [1.807, 2.05) is 19.1 Å². The predicted molar refractivity (Wildman–Crippen MR) is 80.4 cm³/mol. The fourth-order valence-corrected chi connectivity index (χ4v) is 1.95. The third kappa shape index (κ3) is 3.25. The number of hydrogen-bond acceptors (Lipinski definition) is 2. The van der Waals surface area contributed by atoms with E-state index in [1.165, 1.54) is 0 Å². The van der Waals surface area contributed by atoms with Crippen LogP contribution in [0, 0.1) is 6.92 Å². The standard InChI is InChI=1S/C16H14ClNO2/c1-11-7-8-13(14(9-11)18-15(19)10-17)16(20)12-5-3-2-4-6-12/h2-9H,10H2,1H3,(H,18,19). The highest BCUT2D eigenvalue weighted by Crippen LogP contribution is 2.21. The molecule has 0 saturated carbocycles. The first kappa shape index (κ1) is 14.3. The smallest absolute Gasteiger partial charge is 0.239 e. The van der Waals surface area contributed by atoms with Gasteiger partial charge in [0.15, 0.2) is 5.78 Å². The van der Waals surface area contributed by atoms with Gasteiger partial charge in [-0.2, -0.15) is 0 Å². The van der Waals surface area contributed by atoms with E-state index in [0.29, 0.717) is 16.8 Å². The summed E-state index contributed by atoms with van der Waals surface area (Å²) in [4.78, 5) is 23.9. The fraction of sp³-hybridized carbons (Fsp3) is 0.125. The molecule has 2 aromatic carbocycles. The van der Waals surface area contributed by atoms with Crippen molar-refractivity contribution in [2.45, 2.75) is 6.92 Å². The molecule has 2 aromatic rings. The second kappa shape index (κ2) is 6.35. The second-order valence-electron chi connectivity index (χ2n) is 4.43. The third-order valence-electron chi connectivity index (χ3n) is 2.85. The number of nitrogens with one attached hydrogen (secondary N) is 1. The molecule has 0 bridgehead atoms. The SMILES string of the molecule is Cc1ccc(C(=O)c2ccccc2)c(NC(=O)CCl)c1. The summed E-state index contributed by atoms with van der Waals surface area (Å²) in [6.45, 7) is 1.90. The summed E-state index contributed by atoms with van der Waals surface area (Å²) < 4.78 is 0. The predicted octanol–water partition coefficient (Wildman–Crippen LogP) is 3.40. The maximum atomic E-state index is 12.5. The fourth-order valence-electron chi connectivity index (χ4n) is 1.89. The van der Waals surface area contributed by atoms with Crippen LogP contribution in [0.15, 0.2) is 48.5 Å². The summed E-state index contributed by atoms with van der Waals surface area (Å²) in [6.07, 6.45) is 0. The normalized spacial score (nSPS) is 10.1. The van der Waals surface area contributed by atoms with Gasteiger partial charge in [0.05, 0.1) is 5.69 Å². The van der Waals surface area contributed by atoms with E-state index in [2.05, 4.69) is 5.32 Å². The molecular weight excluding hydrogens is 274 g/mol. The van der Waals surface area contributed by atoms with Crippen LogP contribution in [0.5, 0.6) is 0 Å². The average Bonchev–Trinajstić information content (AvgIpc) is 2.47. The Balaban J connectivity index is 2.40. The van der Waals surface area contributed by atoms with E-state index in [1.54, 1.807) is 36.4 Å². The number of benzene rings is 2. The van der Waals surface area contributed by atoms with Crippen molar-refractivity contribution in [3.63, 3.8) is 0 Å². The van der Waals surface area contributed by atoms with E-state index in [9.17, 15) is 9.59 Å². The Morgan fingerprint density at radius 2 is 1.80 bits per heavy atom. The lowest BCUT2D eigenvalue weighted by atomic mass is 10.00. The molecule has 0 aliphatic rings. The maximum absolute atomic E-state index is 12.5. The number of amides is 1. The number of carbonyl (C=O) groups excluding carboxylic acids is 2. The summed E-state index contributed by atoms with van der Waals surface area (Å²) in [5, 5.41) is 2.66. The van der Waals surface area contributed by atoms with Crippen molar-refractivity contribution in [1.29, 1.82) is 0 Å². The van der Waals surface area contributed by atoms with Crippen molar-refractivity contribution in [2.24, 2.45) is 0 Å². The largest absolute Gasteiger partial charge is 0.324 e. The maximum Gasteiger partial charge on any atom is 0.239 e. The number of anilines is 1. The minimum atomic E-state index is -0.334. The second-order valence-corrected chi connectivity index (χ2v) is 4.69. The number of ketones is 1. The third-order valence-corrected chi connectivity index (χ3v) is 3.09. The van der Waals surface area contributed by atoms with Crippen LogP contribution >= 0.6 is 11.6 Å². The molecular formula is C16H14ClNO2. The van der Waals surface area contributed by atoms with Crippen molar-refractivity contribution in [3.05, 3.63) is 65.2 Å². The molecule has 2 rings (SSSR count). The molecule has 0 unspecified atom stereocenters. The average molecular weight is 288 g/mol. The molecule has 0 aliphatic carbocycles. The lowest BCUT2D eigenvalue weighted by molar-refractivity contribution is -0.113. The van der Waals surface area contributed by atoms with Gasteiger partial charge in [0.2, 0.25) is 5.91 Å². The molecule has 1 amide bonds. The number of rotatable bonds is 4. The zero-order valence-electron chi connectivity index (χ0n) is 11.0. The molecule has 0 aliphatic heterocycles. The Labute approximate surface area is 122 Å². The summed E-state index contributed by atoms with van der Waals surface area (Å²) in [7, 11) is 0. The van der Waals surface area contributed by atoms with Crippen LogP contribution in [-0.2, 0) is 4.79 Å². The van der Waals surface area contributed by atoms with Gasteiger partial charge in [0.1, 0.15) is 5.88 Å². The van der Waals surface area contributed by atoms with Gasteiger partial charge in [-0.3, -0.25) is 9.59 Å². The molecule has 0 spiro atoms. The van der Waals surface area contributed by atoms with E-state index in [-0.39, 0.29) is 17.6 Å². The summed E-state index contributed by atoms with van der Waals surface area (Å²) in [5.74, 6) is -0.609. The molecule has 0 aromatic heterocycles. The molecule has 0 radical (unpaired) electrons. The number of alkyl halides is 1. The number of carbonyl (C=O) groups is 2. The van der Waals surface area contributed by atoms with Gasteiger partial charge in [-0.1, -0.05) is 36.4 Å². The van der Waals surface area contributed by atoms with Crippen molar-refractivity contribution >= 4 is 29.0 Å². The highest BCUT2D eigenvalue weighted by Gasteiger charge is 2.15. The molecule has 3 nitrogen and oxygen atoms in total. The van der Waals surface area contributed by atoms with E-state index in [0.717, 1.165) is 5.56 Å². The van der Waals surface area contributed by atoms with Gasteiger partial charge in [-0.15, -0.1) is 11.6 Å². The van der Waals surface area contributed by atoms with E-state index < -0.39 is 0 Å². The van der Waals surface area contributed by atoms with E-state index in [4.69, 9.17) is 11.6 Å². The summed E-state index contributed by atoms with van der Waals surface area (Å²) >= 11 is 5.49. The Morgan fingerprint density at radius 3 is 2.45 bits per heavy atom. The van der Waals surface area contributed by atoms with Crippen molar-refractivity contribution < 1.29 is 9.59 Å². The van der Waals surface area contributed by atoms with Gasteiger partial charge in [0.25, 0.3) is 0 Å². The summed E-state index contributed by atoms with van der Waals surface area (Å²) in [6, 6.07) is 14.3. The first-order valence-corrected chi connectivity index (χ1v) is 6.71. The van der Waals surface area contributed by atoms with Crippen LogP contribution < -0.4 is 5.32 Å². The Morgan fingerprint density at radius 1 is 1.10 bits per heavy atom. The number of hydrogen-bond donors (Lipinski definition) is 1. The molecule has 102 valence electrons. The van der Waals surface area contributed by atoms with Crippen molar-refractivity contribution in [2.75, 3.05) is 11.2 Å². The Bertz CT molecular complexity index is 638. The van der Waals surface area contributed by atoms with Crippen LogP contribution in [0.4, 0.5) is 5.69 Å². The van der Waals surface area contributed by atoms with Crippen LogP contribution in [0.3, 0.4) is 0 Å². The Kier molecular flexibility index (Phi) is 4.53. The highest BCUT2D eigenvalue weighted by molar-refractivity contribution is 6.29. The topological polar surface area (TPSA) is 46.2 Å². The molecule has 0 atom stereocenters. The zero-order chi connectivity index (χ0) is 14.5. The van der Waals surface area contributed by atoms with Crippen LogP contribution in [0.1, 0.15) is 21.5 Å². The zero-order valence-corrected chi connectivity index (χ0v) is 11.8. The highest BCUT2D eigenvalue weighted by atomic mass is 35.5. The lowest BCUT2D eigenvalue weighted by Gasteiger charge is -2.10.